The summed E-state index contributed by atoms with van der Waals surface area (Å²) in [5, 5.41) is 2.91. The molecule has 4 amide bonds. The number of β-lactam (4-membered cyclic amide) rings is 1. The van der Waals surface area contributed by atoms with E-state index in [1.165, 1.54) is 54.0 Å². The van der Waals surface area contributed by atoms with Crippen molar-refractivity contribution in [2.45, 2.75) is 87.9 Å². The first kappa shape index (κ1) is 40.3. The van der Waals surface area contributed by atoms with Gasteiger partial charge in [-0.05, 0) is 54.2 Å². The lowest BCUT2D eigenvalue weighted by Gasteiger charge is -2.53. The highest BCUT2D eigenvalue weighted by atomic mass is 35.5. The van der Waals surface area contributed by atoms with Gasteiger partial charge in [0.2, 0.25) is 17.7 Å². The van der Waals surface area contributed by atoms with Crippen molar-refractivity contribution in [3.05, 3.63) is 112 Å². The lowest BCUT2D eigenvalue weighted by Crippen LogP contribution is -2.75. The van der Waals surface area contributed by atoms with Crippen LogP contribution in [0.5, 0.6) is 0 Å². The fourth-order valence-corrected chi connectivity index (χ4v) is 8.98. The average molecular weight is 806 g/mol. The van der Waals surface area contributed by atoms with Crippen LogP contribution in [0.25, 0.3) is 6.08 Å². The van der Waals surface area contributed by atoms with Gasteiger partial charge in [-0.2, -0.15) is 13.2 Å². The fraction of sp³-hybridized carbons (Fsp3) is 0.442. The van der Waals surface area contributed by atoms with Crippen LogP contribution >= 0.6 is 11.6 Å². The Bertz CT molecular complexity index is 1940. The number of amides is 4. The predicted molar refractivity (Wildman–Crippen MR) is 208 cm³/mol. The molecule has 3 heterocycles. The monoisotopic (exact) mass is 805 g/mol. The van der Waals surface area contributed by atoms with Crippen LogP contribution in [0.2, 0.25) is 0 Å². The third-order valence-corrected chi connectivity index (χ3v) is 12.0. The number of cyclic esters (lactones) is 1. The van der Waals surface area contributed by atoms with Crippen molar-refractivity contribution in [2.24, 2.45) is 0 Å². The number of nitrogens with one attached hydrogen (secondary N) is 1. The van der Waals surface area contributed by atoms with E-state index in [-0.39, 0.29) is 42.5 Å². The molecule has 1 saturated carbocycles. The molecule has 302 valence electrons. The van der Waals surface area contributed by atoms with Gasteiger partial charge in [0.1, 0.15) is 18.7 Å². The van der Waals surface area contributed by atoms with Crippen molar-refractivity contribution in [1.82, 2.24) is 24.9 Å². The molecular formula is C43H47ClF3N5O5. The van der Waals surface area contributed by atoms with Gasteiger partial charge in [0.15, 0.2) is 0 Å². The molecule has 3 aromatic carbocycles. The molecule has 0 unspecified atom stereocenters. The van der Waals surface area contributed by atoms with Crippen molar-refractivity contribution in [1.29, 1.82) is 0 Å². The van der Waals surface area contributed by atoms with E-state index in [0.29, 0.717) is 19.1 Å². The summed E-state index contributed by atoms with van der Waals surface area (Å²) in [5.41, 5.74) is 0.822. The molecule has 10 nitrogen and oxygen atoms in total. The third kappa shape index (κ3) is 9.15. The largest absolute Gasteiger partial charge is 0.447 e. The van der Waals surface area contributed by atoms with Crippen molar-refractivity contribution in [3.63, 3.8) is 0 Å². The van der Waals surface area contributed by atoms with Gasteiger partial charge < -0.3 is 19.9 Å². The van der Waals surface area contributed by atoms with Crippen LogP contribution < -0.4 is 5.32 Å². The lowest BCUT2D eigenvalue weighted by atomic mass is 9.87. The molecule has 4 aliphatic rings. The van der Waals surface area contributed by atoms with Gasteiger partial charge in [-0.25, -0.2) is 4.79 Å². The summed E-state index contributed by atoms with van der Waals surface area (Å²) in [6.07, 6.45) is 2.28. The molecule has 4 fully saturated rings. The van der Waals surface area contributed by atoms with Crippen LogP contribution in [-0.2, 0) is 31.8 Å². The summed E-state index contributed by atoms with van der Waals surface area (Å²) in [5.74, 6) is -1.38. The Balaban J connectivity index is 1.16. The topological polar surface area (TPSA) is 103 Å². The SMILES string of the molecule is O=C(NCc1cccc(C(F)(F)F)c1)[C@H](CCC(=O)N1CCN(C2CCCCC2)CC1)N1C(=O)[C@@H](N2C(=O)OC[C@@H]2c2ccccc2)[C@H]1/C(Cl)=C/c1ccccc1. The molecule has 3 saturated heterocycles. The first-order valence-electron chi connectivity index (χ1n) is 19.7. The van der Waals surface area contributed by atoms with Gasteiger partial charge in [0, 0.05) is 50.2 Å². The molecule has 3 aliphatic heterocycles. The maximum Gasteiger partial charge on any atom is 0.416 e. The minimum Gasteiger partial charge on any atom is -0.447 e. The molecule has 7 rings (SSSR count). The molecule has 4 atom stereocenters. The van der Waals surface area contributed by atoms with Crippen LogP contribution in [0.1, 0.15) is 73.2 Å². The second-order valence-corrected chi connectivity index (χ2v) is 15.6. The zero-order chi connectivity index (χ0) is 40.1. The Morgan fingerprint density at radius 2 is 1.58 bits per heavy atom. The van der Waals surface area contributed by atoms with Crippen LogP contribution in [0.3, 0.4) is 0 Å². The number of hydrogen-bond acceptors (Lipinski definition) is 6. The summed E-state index contributed by atoms with van der Waals surface area (Å²) >= 11 is 7.11. The summed E-state index contributed by atoms with van der Waals surface area (Å²) in [7, 11) is 0. The number of likely N-dealkylation sites (tertiary alicyclic amines) is 1. The molecule has 1 N–H and O–H groups in total. The number of ether oxygens (including phenoxy) is 1. The number of hydrogen-bond donors (Lipinski definition) is 1. The highest BCUT2D eigenvalue weighted by molar-refractivity contribution is 6.33. The number of rotatable bonds is 12. The second kappa shape index (κ2) is 17.7. The van der Waals surface area contributed by atoms with E-state index in [4.69, 9.17) is 16.3 Å². The maximum atomic E-state index is 14.5. The van der Waals surface area contributed by atoms with Crippen molar-refractivity contribution < 1.29 is 37.1 Å². The van der Waals surface area contributed by atoms with E-state index in [9.17, 15) is 32.3 Å². The Morgan fingerprint density at radius 1 is 0.895 bits per heavy atom. The molecule has 0 bridgehead atoms. The van der Waals surface area contributed by atoms with E-state index in [1.54, 1.807) is 11.0 Å². The van der Waals surface area contributed by atoms with E-state index >= 15 is 0 Å². The number of carbonyl (C=O) groups excluding carboxylic acids is 4. The summed E-state index contributed by atoms with van der Waals surface area (Å²) in [6, 6.07) is 19.5. The van der Waals surface area contributed by atoms with Crippen LogP contribution in [0.4, 0.5) is 18.0 Å². The fourth-order valence-electron chi connectivity index (χ4n) is 8.62. The van der Waals surface area contributed by atoms with Crippen LogP contribution in [0.15, 0.2) is 90.0 Å². The number of carbonyl (C=O) groups is 4. The van der Waals surface area contributed by atoms with Crippen molar-refractivity contribution in [3.8, 4) is 0 Å². The zero-order valence-electron chi connectivity index (χ0n) is 31.6. The molecule has 0 spiro atoms. The number of benzene rings is 3. The van der Waals surface area contributed by atoms with E-state index in [1.807, 2.05) is 60.7 Å². The Kier molecular flexibility index (Phi) is 12.5. The van der Waals surface area contributed by atoms with Crippen LogP contribution in [0, 0.1) is 0 Å². The second-order valence-electron chi connectivity index (χ2n) is 15.2. The van der Waals surface area contributed by atoms with Gasteiger partial charge in [-0.15, -0.1) is 0 Å². The molecule has 1 aliphatic carbocycles. The summed E-state index contributed by atoms with van der Waals surface area (Å²) in [6.45, 7) is 2.38. The van der Waals surface area contributed by atoms with Crippen molar-refractivity contribution in [2.75, 3.05) is 32.8 Å². The summed E-state index contributed by atoms with van der Waals surface area (Å²) in [4.78, 5) is 62.9. The van der Waals surface area contributed by atoms with Gasteiger partial charge in [0.05, 0.1) is 17.6 Å². The number of halogens is 4. The molecular weight excluding hydrogens is 759 g/mol. The first-order valence-corrected chi connectivity index (χ1v) is 20.1. The number of piperazine rings is 1. The van der Waals surface area contributed by atoms with E-state index in [2.05, 4.69) is 10.2 Å². The van der Waals surface area contributed by atoms with E-state index < -0.39 is 53.8 Å². The van der Waals surface area contributed by atoms with Crippen molar-refractivity contribution >= 4 is 41.5 Å². The van der Waals surface area contributed by atoms with Gasteiger partial charge in [-0.1, -0.05) is 104 Å². The standard InChI is InChI=1S/C43H47ClF3N5O5/c44-34(26-29-11-4-1-5-12-29)38-39(52-36(28-57-42(52)56)31-14-6-2-7-15-31)41(55)51(38)35(40(54)48-27-30-13-10-16-32(25-30)43(45,46)47)19-20-37(53)50-23-21-49(22-24-50)33-17-8-3-9-18-33/h1-2,4-7,10-16,25-26,33,35-36,38-39H,3,8-9,17-24,27-28H2,(H,48,54)/b34-26-/t35-,36+,38+,39-/m0/s1. The smallest absolute Gasteiger partial charge is 0.416 e. The zero-order valence-corrected chi connectivity index (χ0v) is 32.3. The summed E-state index contributed by atoms with van der Waals surface area (Å²) < 4.78 is 46.0. The Morgan fingerprint density at radius 3 is 2.26 bits per heavy atom. The van der Waals surface area contributed by atoms with E-state index in [0.717, 1.165) is 36.3 Å². The maximum absolute atomic E-state index is 14.5. The lowest BCUT2D eigenvalue weighted by molar-refractivity contribution is -0.164. The minimum absolute atomic E-state index is 0.00276. The molecule has 0 radical (unpaired) electrons. The van der Waals surface area contributed by atoms with Gasteiger partial charge >= 0.3 is 12.3 Å². The average Bonchev–Trinajstić information content (AvgIpc) is 3.60. The Labute approximate surface area is 335 Å². The third-order valence-electron chi connectivity index (χ3n) is 11.6. The highest BCUT2D eigenvalue weighted by Gasteiger charge is 2.60. The first-order chi connectivity index (χ1) is 27.5. The quantitative estimate of drug-likeness (QED) is 0.198. The van der Waals surface area contributed by atoms with Gasteiger partial charge in [0.25, 0.3) is 0 Å². The number of alkyl halides is 3. The molecule has 0 aromatic heterocycles. The van der Waals surface area contributed by atoms with Crippen LogP contribution in [-0.4, -0.2) is 100 Å². The normalized spacial score (nSPS) is 22.9. The molecule has 14 heteroatoms. The van der Waals surface area contributed by atoms with Gasteiger partial charge in [-0.3, -0.25) is 24.2 Å². The predicted octanol–water partition coefficient (Wildman–Crippen LogP) is 7.00. The number of nitrogens with zero attached hydrogens (tertiary/aromatic N) is 4. The minimum atomic E-state index is -4.58. The Hall–Kier alpha value is -4.88. The molecule has 57 heavy (non-hydrogen) atoms. The highest BCUT2D eigenvalue weighted by Crippen LogP contribution is 2.42. The molecule has 3 aromatic rings.